The lowest BCUT2D eigenvalue weighted by molar-refractivity contribution is 0.622. The third-order valence-corrected chi connectivity index (χ3v) is 3.09. The van der Waals surface area contributed by atoms with E-state index in [0.29, 0.717) is 16.4 Å². The SMILES string of the molecule is Cn1c(-c2ccncc2F)nc2ccc(Cl)cc21. The highest BCUT2D eigenvalue weighted by Gasteiger charge is 2.13. The van der Waals surface area contributed by atoms with Crippen LogP contribution in [0.25, 0.3) is 22.4 Å². The Hall–Kier alpha value is -1.94. The predicted octanol–water partition coefficient (Wildman–Crippen LogP) is 3.43. The number of halogens is 2. The highest BCUT2D eigenvalue weighted by molar-refractivity contribution is 6.31. The van der Waals surface area contributed by atoms with Gasteiger partial charge in [0.05, 0.1) is 22.8 Å². The maximum absolute atomic E-state index is 13.7. The zero-order valence-corrected chi connectivity index (χ0v) is 10.3. The van der Waals surface area contributed by atoms with Crippen LogP contribution in [0.3, 0.4) is 0 Å². The van der Waals surface area contributed by atoms with Gasteiger partial charge in [0.1, 0.15) is 5.82 Å². The molecule has 0 bridgehead atoms. The fourth-order valence-electron chi connectivity index (χ4n) is 1.96. The van der Waals surface area contributed by atoms with Crippen LogP contribution < -0.4 is 0 Å². The van der Waals surface area contributed by atoms with Gasteiger partial charge in [-0.1, -0.05) is 11.6 Å². The fraction of sp³-hybridized carbons (Fsp3) is 0.0769. The lowest BCUT2D eigenvalue weighted by Crippen LogP contribution is -1.95. The first-order valence-corrected chi connectivity index (χ1v) is 5.76. The number of hydrogen-bond acceptors (Lipinski definition) is 2. The molecule has 0 amide bonds. The largest absolute Gasteiger partial charge is 0.327 e. The van der Waals surface area contributed by atoms with Gasteiger partial charge in [-0.3, -0.25) is 4.98 Å². The van der Waals surface area contributed by atoms with E-state index < -0.39 is 0 Å². The Morgan fingerprint density at radius 2 is 2.11 bits per heavy atom. The monoisotopic (exact) mass is 261 g/mol. The maximum atomic E-state index is 13.7. The van der Waals surface area contributed by atoms with Gasteiger partial charge in [-0.2, -0.15) is 0 Å². The molecule has 0 fully saturated rings. The fourth-order valence-corrected chi connectivity index (χ4v) is 2.13. The maximum Gasteiger partial charge on any atom is 0.152 e. The summed E-state index contributed by atoms with van der Waals surface area (Å²) >= 11 is 5.95. The molecule has 0 aliphatic heterocycles. The Balaban J connectivity index is 2.31. The first-order valence-electron chi connectivity index (χ1n) is 5.38. The summed E-state index contributed by atoms with van der Waals surface area (Å²) in [7, 11) is 1.83. The van der Waals surface area contributed by atoms with E-state index in [2.05, 4.69) is 9.97 Å². The van der Waals surface area contributed by atoms with Crippen molar-refractivity contribution < 1.29 is 4.39 Å². The summed E-state index contributed by atoms with van der Waals surface area (Å²) in [6, 6.07) is 7.01. The molecule has 1 aromatic carbocycles. The van der Waals surface area contributed by atoms with Gasteiger partial charge in [-0.05, 0) is 24.3 Å². The van der Waals surface area contributed by atoms with Gasteiger partial charge in [0.2, 0.25) is 0 Å². The Morgan fingerprint density at radius 3 is 2.89 bits per heavy atom. The first kappa shape index (κ1) is 11.2. The molecule has 5 heteroatoms. The summed E-state index contributed by atoms with van der Waals surface area (Å²) in [5.74, 6) is 0.175. The van der Waals surface area contributed by atoms with Crippen molar-refractivity contribution in [3.63, 3.8) is 0 Å². The normalized spacial score (nSPS) is 11.1. The topological polar surface area (TPSA) is 30.7 Å². The van der Waals surface area contributed by atoms with Gasteiger partial charge in [0, 0.05) is 18.3 Å². The molecule has 0 atom stereocenters. The van der Waals surface area contributed by atoms with Crippen molar-refractivity contribution in [1.29, 1.82) is 0 Å². The minimum absolute atomic E-state index is 0.387. The Bertz CT molecular complexity index is 736. The molecular weight excluding hydrogens is 253 g/mol. The summed E-state index contributed by atoms with van der Waals surface area (Å²) in [4.78, 5) is 8.16. The van der Waals surface area contributed by atoms with Crippen molar-refractivity contribution in [1.82, 2.24) is 14.5 Å². The van der Waals surface area contributed by atoms with Gasteiger partial charge in [-0.15, -0.1) is 0 Å². The number of aryl methyl sites for hydroxylation is 1. The lowest BCUT2D eigenvalue weighted by Gasteiger charge is -2.03. The average molecular weight is 262 g/mol. The number of pyridine rings is 1. The van der Waals surface area contributed by atoms with Gasteiger partial charge >= 0.3 is 0 Å². The molecule has 3 aromatic rings. The molecule has 18 heavy (non-hydrogen) atoms. The van der Waals surface area contributed by atoms with Crippen molar-refractivity contribution >= 4 is 22.6 Å². The summed E-state index contributed by atoms with van der Waals surface area (Å²) in [5, 5.41) is 0.632. The number of fused-ring (bicyclic) bond motifs is 1. The van der Waals surface area contributed by atoms with Crippen molar-refractivity contribution in [2.75, 3.05) is 0 Å². The average Bonchev–Trinajstić information content (AvgIpc) is 2.68. The molecule has 0 saturated heterocycles. The second-order valence-electron chi connectivity index (χ2n) is 3.98. The summed E-state index contributed by atoms with van der Waals surface area (Å²) in [6.45, 7) is 0. The molecule has 3 nitrogen and oxygen atoms in total. The molecule has 3 rings (SSSR count). The van der Waals surface area contributed by atoms with E-state index in [1.807, 2.05) is 23.7 Å². The summed E-state index contributed by atoms with van der Waals surface area (Å²) < 4.78 is 15.5. The molecule has 0 radical (unpaired) electrons. The number of aromatic nitrogens is 3. The van der Waals surface area contributed by atoms with Crippen LogP contribution >= 0.6 is 11.6 Å². The third-order valence-electron chi connectivity index (χ3n) is 2.86. The van der Waals surface area contributed by atoms with Crippen LogP contribution in [0.1, 0.15) is 0 Å². The van der Waals surface area contributed by atoms with E-state index in [-0.39, 0.29) is 5.82 Å². The minimum atomic E-state index is -0.387. The molecule has 0 aliphatic carbocycles. The smallest absolute Gasteiger partial charge is 0.152 e. The number of rotatable bonds is 1. The molecule has 0 unspecified atom stereocenters. The number of benzene rings is 1. The van der Waals surface area contributed by atoms with Crippen LogP contribution in [0.2, 0.25) is 5.02 Å². The van der Waals surface area contributed by atoms with Crippen LogP contribution in [0.5, 0.6) is 0 Å². The van der Waals surface area contributed by atoms with Crippen molar-refractivity contribution in [2.24, 2.45) is 7.05 Å². The van der Waals surface area contributed by atoms with E-state index in [1.54, 1.807) is 18.3 Å². The minimum Gasteiger partial charge on any atom is -0.327 e. The molecule has 90 valence electrons. The third kappa shape index (κ3) is 1.66. The summed E-state index contributed by atoms with van der Waals surface area (Å²) in [5.41, 5.74) is 2.08. The van der Waals surface area contributed by atoms with Crippen LogP contribution in [0.15, 0.2) is 36.7 Å². The predicted molar refractivity (Wildman–Crippen MR) is 68.9 cm³/mol. The van der Waals surface area contributed by atoms with E-state index in [0.717, 1.165) is 11.0 Å². The Kier molecular flexibility index (Phi) is 2.52. The highest BCUT2D eigenvalue weighted by atomic mass is 35.5. The molecular formula is C13H9ClFN3. The first-order chi connectivity index (χ1) is 8.66. The van der Waals surface area contributed by atoms with E-state index in [1.165, 1.54) is 6.20 Å². The highest BCUT2D eigenvalue weighted by Crippen LogP contribution is 2.26. The van der Waals surface area contributed by atoms with Crippen molar-refractivity contribution in [2.45, 2.75) is 0 Å². The molecule has 2 aromatic heterocycles. The molecule has 0 saturated carbocycles. The van der Waals surface area contributed by atoms with Crippen LogP contribution in [0, 0.1) is 5.82 Å². The Morgan fingerprint density at radius 1 is 1.28 bits per heavy atom. The zero-order valence-electron chi connectivity index (χ0n) is 9.56. The molecule has 0 spiro atoms. The second kappa shape index (κ2) is 4.07. The zero-order chi connectivity index (χ0) is 12.7. The van der Waals surface area contributed by atoms with E-state index in [9.17, 15) is 4.39 Å². The van der Waals surface area contributed by atoms with Crippen LogP contribution in [-0.4, -0.2) is 14.5 Å². The quantitative estimate of drug-likeness (QED) is 0.672. The van der Waals surface area contributed by atoms with E-state index >= 15 is 0 Å². The molecule has 2 heterocycles. The Labute approximate surface area is 108 Å². The molecule has 0 N–H and O–H groups in total. The number of nitrogens with zero attached hydrogens (tertiary/aromatic N) is 3. The van der Waals surface area contributed by atoms with Crippen LogP contribution in [-0.2, 0) is 7.05 Å². The molecule has 0 aliphatic rings. The standard InChI is InChI=1S/C13H9ClFN3/c1-18-12-6-8(14)2-3-11(12)17-13(18)9-4-5-16-7-10(9)15/h2-7H,1H3. The van der Waals surface area contributed by atoms with Crippen molar-refractivity contribution in [3.8, 4) is 11.4 Å². The number of imidazole rings is 1. The van der Waals surface area contributed by atoms with E-state index in [4.69, 9.17) is 11.6 Å². The van der Waals surface area contributed by atoms with Gasteiger partial charge in [0.15, 0.2) is 5.82 Å². The number of hydrogen-bond donors (Lipinski definition) is 0. The van der Waals surface area contributed by atoms with Gasteiger partial charge in [-0.25, -0.2) is 9.37 Å². The van der Waals surface area contributed by atoms with Crippen LogP contribution in [0.4, 0.5) is 4.39 Å². The van der Waals surface area contributed by atoms with Gasteiger partial charge < -0.3 is 4.57 Å². The van der Waals surface area contributed by atoms with Crippen molar-refractivity contribution in [3.05, 3.63) is 47.5 Å². The lowest BCUT2D eigenvalue weighted by atomic mass is 10.2. The summed E-state index contributed by atoms with van der Waals surface area (Å²) in [6.07, 6.45) is 2.73. The second-order valence-corrected chi connectivity index (χ2v) is 4.42. The van der Waals surface area contributed by atoms with Gasteiger partial charge in [0.25, 0.3) is 0 Å².